The average molecular weight is 582 g/mol. The molecule has 1 N–H and O–H groups in total. The lowest BCUT2D eigenvalue weighted by Crippen LogP contribution is -2.29. The fourth-order valence-electron chi connectivity index (χ4n) is 5.21. The van der Waals surface area contributed by atoms with Gasteiger partial charge in [0.15, 0.2) is 0 Å². The fraction of sp³-hybridized carbons (Fsp3) is 0.406. The maximum atomic E-state index is 13.5. The largest absolute Gasteiger partial charge is 0.356 e. The standard InChI is InChI=1S/C32H40ClN3O3S/c1-24-22-31(25(2)21-29(24)33)40(38,39)35(3)30-10-6-5-9-28(30)15-16-32(37)34-18-17-26-11-13-27(14-12-26)23-36-19-7-4-8-20-36/h5-6,9-14,21-22H,4,7-8,15-20,23H2,1-3H3,(H,34,37). The van der Waals surface area contributed by atoms with E-state index in [4.69, 9.17) is 11.6 Å². The van der Waals surface area contributed by atoms with Crippen molar-refractivity contribution in [2.75, 3.05) is 31.0 Å². The summed E-state index contributed by atoms with van der Waals surface area (Å²) in [6.45, 7) is 7.48. The summed E-state index contributed by atoms with van der Waals surface area (Å²) in [5, 5.41) is 3.55. The van der Waals surface area contributed by atoms with Crippen LogP contribution in [-0.4, -0.2) is 45.9 Å². The van der Waals surface area contributed by atoms with Crippen LogP contribution in [0.25, 0.3) is 0 Å². The van der Waals surface area contributed by atoms with E-state index in [-0.39, 0.29) is 17.2 Å². The van der Waals surface area contributed by atoms with E-state index in [1.54, 1.807) is 39.1 Å². The number of para-hydroxylation sites is 1. The van der Waals surface area contributed by atoms with E-state index in [1.807, 2.05) is 18.2 Å². The van der Waals surface area contributed by atoms with Gasteiger partial charge in [-0.1, -0.05) is 60.5 Å². The van der Waals surface area contributed by atoms with Crippen LogP contribution < -0.4 is 9.62 Å². The minimum atomic E-state index is -3.81. The first-order valence-corrected chi connectivity index (χ1v) is 15.9. The Morgan fingerprint density at radius 3 is 2.33 bits per heavy atom. The Labute approximate surface area is 244 Å². The molecule has 40 heavy (non-hydrogen) atoms. The van der Waals surface area contributed by atoms with E-state index in [0.29, 0.717) is 34.8 Å². The second-order valence-corrected chi connectivity index (χ2v) is 13.1. The highest BCUT2D eigenvalue weighted by Gasteiger charge is 2.25. The molecule has 0 radical (unpaired) electrons. The Kier molecular flexibility index (Phi) is 10.3. The molecule has 3 aromatic rings. The number of aryl methyl sites for hydroxylation is 3. The van der Waals surface area contributed by atoms with Crippen LogP contribution in [0.2, 0.25) is 5.02 Å². The first kappa shape index (κ1) is 30.1. The second-order valence-electron chi connectivity index (χ2n) is 10.7. The third kappa shape index (κ3) is 7.65. The summed E-state index contributed by atoms with van der Waals surface area (Å²) in [5.74, 6) is -0.0498. The molecule has 0 unspecified atom stereocenters. The van der Waals surface area contributed by atoms with Crippen LogP contribution in [0.3, 0.4) is 0 Å². The molecule has 0 aliphatic carbocycles. The monoisotopic (exact) mass is 581 g/mol. The Morgan fingerprint density at radius 2 is 1.60 bits per heavy atom. The fourth-order valence-corrected chi connectivity index (χ4v) is 6.95. The third-order valence-corrected chi connectivity index (χ3v) is 9.98. The molecular weight excluding hydrogens is 542 g/mol. The number of amides is 1. The van der Waals surface area contributed by atoms with Crippen molar-refractivity contribution in [1.29, 1.82) is 0 Å². The van der Waals surface area contributed by atoms with Crippen molar-refractivity contribution in [2.45, 2.75) is 63.8 Å². The summed E-state index contributed by atoms with van der Waals surface area (Å²) in [4.78, 5) is 15.4. The Hall–Kier alpha value is -2.87. The van der Waals surface area contributed by atoms with E-state index in [0.717, 1.165) is 18.5 Å². The number of sulfonamides is 1. The lowest BCUT2D eigenvalue weighted by atomic mass is 10.1. The van der Waals surface area contributed by atoms with Crippen molar-refractivity contribution < 1.29 is 13.2 Å². The number of nitrogens with one attached hydrogen (secondary N) is 1. The predicted molar refractivity (Wildman–Crippen MR) is 164 cm³/mol. The molecule has 0 atom stereocenters. The van der Waals surface area contributed by atoms with Crippen LogP contribution in [0, 0.1) is 13.8 Å². The number of rotatable bonds is 11. The van der Waals surface area contributed by atoms with Crippen molar-refractivity contribution in [3.05, 3.63) is 93.5 Å². The molecule has 1 amide bonds. The molecule has 0 spiro atoms. The SMILES string of the molecule is Cc1cc(S(=O)(=O)N(C)c2ccccc2CCC(=O)NCCc2ccc(CN3CCCCC3)cc2)c(C)cc1Cl. The lowest BCUT2D eigenvalue weighted by molar-refractivity contribution is -0.121. The molecule has 1 heterocycles. The number of carbonyl (C=O) groups is 1. The van der Waals surface area contributed by atoms with E-state index in [9.17, 15) is 13.2 Å². The minimum absolute atomic E-state index is 0.0498. The quantitative estimate of drug-likeness (QED) is 0.299. The van der Waals surface area contributed by atoms with Crippen LogP contribution in [0.4, 0.5) is 5.69 Å². The molecule has 1 aliphatic rings. The van der Waals surface area contributed by atoms with Gasteiger partial charge in [-0.05, 0) is 98.6 Å². The summed E-state index contributed by atoms with van der Waals surface area (Å²) in [5.41, 5.74) is 5.20. The van der Waals surface area contributed by atoms with Crippen LogP contribution in [0.15, 0.2) is 65.6 Å². The van der Waals surface area contributed by atoms with Gasteiger partial charge in [0.1, 0.15) is 0 Å². The Morgan fingerprint density at radius 1 is 0.925 bits per heavy atom. The van der Waals surface area contributed by atoms with Gasteiger partial charge in [-0.25, -0.2) is 8.42 Å². The van der Waals surface area contributed by atoms with Gasteiger partial charge in [-0.2, -0.15) is 0 Å². The maximum absolute atomic E-state index is 13.5. The van der Waals surface area contributed by atoms with Gasteiger partial charge in [0.2, 0.25) is 5.91 Å². The van der Waals surface area contributed by atoms with Crippen LogP contribution in [0.5, 0.6) is 0 Å². The van der Waals surface area contributed by atoms with E-state index in [1.165, 1.54) is 47.8 Å². The zero-order valence-corrected chi connectivity index (χ0v) is 25.3. The molecule has 1 saturated heterocycles. The number of likely N-dealkylation sites (tertiary alicyclic amines) is 1. The number of anilines is 1. The maximum Gasteiger partial charge on any atom is 0.264 e. The Bertz CT molecular complexity index is 1420. The van der Waals surface area contributed by atoms with E-state index >= 15 is 0 Å². The van der Waals surface area contributed by atoms with Crippen molar-refractivity contribution in [3.63, 3.8) is 0 Å². The molecule has 1 aliphatic heterocycles. The van der Waals surface area contributed by atoms with Gasteiger partial charge >= 0.3 is 0 Å². The zero-order valence-electron chi connectivity index (χ0n) is 23.7. The third-order valence-electron chi connectivity index (χ3n) is 7.66. The summed E-state index contributed by atoms with van der Waals surface area (Å²) in [6.07, 6.45) is 5.41. The highest BCUT2D eigenvalue weighted by Crippen LogP contribution is 2.30. The first-order chi connectivity index (χ1) is 19.1. The normalized spacial score (nSPS) is 14.2. The molecule has 214 valence electrons. The molecule has 0 aromatic heterocycles. The number of hydrogen-bond donors (Lipinski definition) is 1. The van der Waals surface area contributed by atoms with Crippen molar-refractivity contribution >= 4 is 33.2 Å². The molecule has 4 rings (SSSR count). The lowest BCUT2D eigenvalue weighted by Gasteiger charge is -2.26. The second kappa shape index (κ2) is 13.7. The number of halogens is 1. The van der Waals surface area contributed by atoms with Gasteiger partial charge in [0.05, 0.1) is 10.6 Å². The number of carbonyl (C=O) groups excluding carboxylic acids is 1. The van der Waals surface area contributed by atoms with Crippen LogP contribution >= 0.6 is 11.6 Å². The number of nitrogens with zero attached hydrogens (tertiary/aromatic N) is 2. The highest BCUT2D eigenvalue weighted by atomic mass is 35.5. The van der Waals surface area contributed by atoms with E-state index in [2.05, 4.69) is 34.5 Å². The predicted octanol–water partition coefficient (Wildman–Crippen LogP) is 6.06. The Balaban J connectivity index is 1.30. The minimum Gasteiger partial charge on any atom is -0.356 e. The molecule has 3 aromatic carbocycles. The van der Waals surface area contributed by atoms with Crippen molar-refractivity contribution in [2.24, 2.45) is 0 Å². The van der Waals surface area contributed by atoms with Gasteiger partial charge in [-0.3, -0.25) is 14.0 Å². The van der Waals surface area contributed by atoms with Crippen molar-refractivity contribution in [3.8, 4) is 0 Å². The number of piperidine rings is 1. The van der Waals surface area contributed by atoms with E-state index < -0.39 is 10.0 Å². The average Bonchev–Trinajstić information content (AvgIpc) is 2.95. The van der Waals surface area contributed by atoms with Gasteiger partial charge < -0.3 is 5.32 Å². The topological polar surface area (TPSA) is 69.7 Å². The smallest absolute Gasteiger partial charge is 0.264 e. The van der Waals surface area contributed by atoms with Gasteiger partial charge in [-0.15, -0.1) is 0 Å². The molecule has 0 saturated carbocycles. The summed E-state index contributed by atoms with van der Waals surface area (Å²) in [7, 11) is -2.26. The zero-order chi connectivity index (χ0) is 28.7. The van der Waals surface area contributed by atoms with Crippen molar-refractivity contribution in [1.82, 2.24) is 10.2 Å². The molecule has 8 heteroatoms. The van der Waals surface area contributed by atoms with Crippen LogP contribution in [0.1, 0.15) is 53.5 Å². The first-order valence-electron chi connectivity index (χ1n) is 14.1. The summed E-state index contributed by atoms with van der Waals surface area (Å²) >= 11 is 6.19. The molecular formula is C32H40ClN3O3S. The van der Waals surface area contributed by atoms with Gasteiger partial charge in [0.25, 0.3) is 10.0 Å². The summed E-state index contributed by atoms with van der Waals surface area (Å²) < 4.78 is 28.3. The molecule has 0 bridgehead atoms. The highest BCUT2D eigenvalue weighted by molar-refractivity contribution is 7.92. The number of hydrogen-bond acceptors (Lipinski definition) is 4. The summed E-state index contributed by atoms with van der Waals surface area (Å²) in [6, 6.07) is 19.3. The molecule has 6 nitrogen and oxygen atoms in total. The molecule has 1 fully saturated rings. The van der Waals surface area contributed by atoms with Gasteiger partial charge in [0, 0.05) is 31.6 Å². The number of benzene rings is 3. The van der Waals surface area contributed by atoms with Crippen LogP contribution in [-0.2, 0) is 34.2 Å².